The SMILES string of the molecule is Cc1c(NN)nn(C)c1OC(F)F. The number of ether oxygens (including phenoxy) is 1. The third kappa shape index (κ3) is 1.86. The molecule has 0 saturated heterocycles. The molecule has 0 unspecified atom stereocenters. The van der Waals surface area contributed by atoms with E-state index in [1.807, 2.05) is 0 Å². The summed E-state index contributed by atoms with van der Waals surface area (Å²) >= 11 is 0. The monoisotopic (exact) mass is 192 g/mol. The zero-order valence-electron chi connectivity index (χ0n) is 7.21. The Kier molecular flexibility index (Phi) is 2.66. The lowest BCUT2D eigenvalue weighted by molar-refractivity contribution is -0.0557. The number of rotatable bonds is 3. The second-order valence-electron chi connectivity index (χ2n) is 2.43. The Labute approximate surface area is 73.4 Å². The van der Waals surface area contributed by atoms with Gasteiger partial charge < -0.3 is 10.2 Å². The average Bonchev–Trinajstić information content (AvgIpc) is 2.31. The van der Waals surface area contributed by atoms with Crippen molar-refractivity contribution in [2.75, 3.05) is 5.43 Å². The summed E-state index contributed by atoms with van der Waals surface area (Å²) in [7, 11) is 1.49. The fourth-order valence-electron chi connectivity index (χ4n) is 1.00. The molecule has 1 aromatic rings. The van der Waals surface area contributed by atoms with Crippen LogP contribution in [0.15, 0.2) is 0 Å². The van der Waals surface area contributed by atoms with Gasteiger partial charge in [0.05, 0.1) is 5.56 Å². The van der Waals surface area contributed by atoms with Crippen molar-refractivity contribution in [2.45, 2.75) is 13.5 Å². The van der Waals surface area contributed by atoms with Crippen molar-refractivity contribution in [3.8, 4) is 5.88 Å². The van der Waals surface area contributed by atoms with Gasteiger partial charge in [-0.2, -0.15) is 13.9 Å². The lowest BCUT2D eigenvalue weighted by Crippen LogP contribution is -2.08. The van der Waals surface area contributed by atoms with Crippen LogP contribution in [0, 0.1) is 6.92 Å². The lowest BCUT2D eigenvalue weighted by atomic mass is 10.3. The summed E-state index contributed by atoms with van der Waals surface area (Å²) in [5, 5.41) is 3.80. The minimum atomic E-state index is -2.86. The van der Waals surface area contributed by atoms with Crippen molar-refractivity contribution in [2.24, 2.45) is 12.9 Å². The maximum Gasteiger partial charge on any atom is 0.388 e. The largest absolute Gasteiger partial charge is 0.417 e. The van der Waals surface area contributed by atoms with Gasteiger partial charge in [-0.1, -0.05) is 0 Å². The summed E-state index contributed by atoms with van der Waals surface area (Å²) in [5.41, 5.74) is 2.72. The standard InChI is InChI=1S/C6H10F2N4O/c1-3-4(10-9)11-12(2)5(3)13-6(7)8/h6H,9H2,1-2H3,(H,10,11). The van der Waals surface area contributed by atoms with Crippen LogP contribution in [-0.2, 0) is 7.05 Å². The van der Waals surface area contributed by atoms with Gasteiger partial charge in [0, 0.05) is 7.05 Å². The number of halogens is 2. The number of aromatic nitrogens is 2. The third-order valence-electron chi connectivity index (χ3n) is 1.56. The molecule has 13 heavy (non-hydrogen) atoms. The predicted octanol–water partition coefficient (Wildman–Crippen LogP) is 0.616. The van der Waals surface area contributed by atoms with Crippen LogP contribution in [0.3, 0.4) is 0 Å². The quantitative estimate of drug-likeness (QED) is 0.544. The molecule has 0 atom stereocenters. The van der Waals surface area contributed by atoms with E-state index in [1.165, 1.54) is 11.7 Å². The molecule has 0 amide bonds. The number of nitrogen functional groups attached to an aromatic ring is 1. The molecule has 0 fully saturated rings. The molecular formula is C6H10F2N4O. The molecule has 1 aromatic heterocycles. The minimum absolute atomic E-state index is 0.00273. The summed E-state index contributed by atoms with van der Waals surface area (Å²) in [5.74, 6) is 5.42. The maximum absolute atomic E-state index is 11.9. The normalized spacial score (nSPS) is 10.6. The van der Waals surface area contributed by atoms with Gasteiger partial charge in [0.25, 0.3) is 0 Å². The van der Waals surface area contributed by atoms with Gasteiger partial charge in [0.1, 0.15) is 0 Å². The number of nitrogens with two attached hydrogens (primary N) is 1. The Bertz CT molecular complexity index is 299. The van der Waals surface area contributed by atoms with Gasteiger partial charge >= 0.3 is 6.61 Å². The smallest absolute Gasteiger partial charge is 0.388 e. The topological polar surface area (TPSA) is 65.1 Å². The van der Waals surface area contributed by atoms with Crippen LogP contribution in [0.2, 0.25) is 0 Å². The van der Waals surface area contributed by atoms with Crippen LogP contribution in [0.1, 0.15) is 5.56 Å². The molecule has 1 heterocycles. The van der Waals surface area contributed by atoms with Gasteiger partial charge in [-0.05, 0) is 6.92 Å². The second-order valence-corrected chi connectivity index (χ2v) is 2.43. The van der Waals surface area contributed by atoms with E-state index in [9.17, 15) is 8.78 Å². The van der Waals surface area contributed by atoms with E-state index in [4.69, 9.17) is 5.84 Å². The zero-order valence-corrected chi connectivity index (χ0v) is 7.21. The highest BCUT2D eigenvalue weighted by atomic mass is 19.3. The molecular weight excluding hydrogens is 182 g/mol. The molecule has 7 heteroatoms. The molecule has 5 nitrogen and oxygen atoms in total. The number of nitrogens with one attached hydrogen (secondary N) is 1. The summed E-state index contributed by atoms with van der Waals surface area (Å²) in [4.78, 5) is 0. The van der Waals surface area contributed by atoms with E-state index in [1.54, 1.807) is 6.92 Å². The number of hydrogen-bond acceptors (Lipinski definition) is 4. The van der Waals surface area contributed by atoms with Crippen molar-refractivity contribution in [3.63, 3.8) is 0 Å². The molecule has 0 saturated carbocycles. The molecule has 0 radical (unpaired) electrons. The number of aryl methyl sites for hydroxylation is 1. The Morgan fingerprint density at radius 3 is 2.62 bits per heavy atom. The predicted molar refractivity (Wildman–Crippen MR) is 42.4 cm³/mol. The summed E-state index contributed by atoms with van der Waals surface area (Å²) in [6.45, 7) is -1.28. The van der Waals surface area contributed by atoms with Crippen LogP contribution in [0.5, 0.6) is 5.88 Å². The van der Waals surface area contributed by atoms with Gasteiger partial charge in [-0.25, -0.2) is 10.5 Å². The Balaban J connectivity index is 2.98. The fraction of sp³-hybridized carbons (Fsp3) is 0.500. The number of anilines is 1. The Morgan fingerprint density at radius 1 is 1.62 bits per heavy atom. The highest BCUT2D eigenvalue weighted by molar-refractivity contribution is 5.48. The van der Waals surface area contributed by atoms with Crippen molar-refractivity contribution in [1.82, 2.24) is 9.78 Å². The molecule has 0 aromatic carbocycles. The molecule has 0 aliphatic carbocycles. The Morgan fingerprint density at radius 2 is 2.23 bits per heavy atom. The number of alkyl halides is 2. The minimum Gasteiger partial charge on any atom is -0.417 e. The highest BCUT2D eigenvalue weighted by Gasteiger charge is 2.16. The first-order chi connectivity index (χ1) is 6.06. The van der Waals surface area contributed by atoms with E-state index in [0.717, 1.165) is 0 Å². The number of hydrazine groups is 1. The first-order valence-electron chi connectivity index (χ1n) is 3.51. The fourth-order valence-corrected chi connectivity index (χ4v) is 1.00. The Hall–Kier alpha value is -1.37. The molecule has 74 valence electrons. The van der Waals surface area contributed by atoms with Crippen molar-refractivity contribution >= 4 is 5.82 Å². The lowest BCUT2D eigenvalue weighted by Gasteiger charge is -2.04. The van der Waals surface area contributed by atoms with Gasteiger partial charge in [0.15, 0.2) is 5.82 Å². The zero-order chi connectivity index (χ0) is 10.0. The maximum atomic E-state index is 11.9. The number of nitrogens with zero attached hydrogens (tertiary/aromatic N) is 2. The van der Waals surface area contributed by atoms with E-state index in [0.29, 0.717) is 11.4 Å². The third-order valence-corrected chi connectivity index (χ3v) is 1.56. The van der Waals surface area contributed by atoms with Gasteiger partial charge in [-0.3, -0.25) is 0 Å². The highest BCUT2D eigenvalue weighted by Crippen LogP contribution is 2.24. The second kappa shape index (κ2) is 3.56. The first kappa shape index (κ1) is 9.72. The van der Waals surface area contributed by atoms with Crippen molar-refractivity contribution < 1.29 is 13.5 Å². The van der Waals surface area contributed by atoms with Gasteiger partial charge in [0.2, 0.25) is 5.88 Å². The van der Waals surface area contributed by atoms with Crippen LogP contribution < -0.4 is 16.0 Å². The van der Waals surface area contributed by atoms with E-state index < -0.39 is 6.61 Å². The molecule has 0 bridgehead atoms. The molecule has 0 spiro atoms. The summed E-state index contributed by atoms with van der Waals surface area (Å²) < 4.78 is 29.2. The average molecular weight is 192 g/mol. The molecule has 0 aliphatic heterocycles. The van der Waals surface area contributed by atoms with E-state index in [-0.39, 0.29) is 5.88 Å². The van der Waals surface area contributed by atoms with Crippen LogP contribution >= 0.6 is 0 Å². The van der Waals surface area contributed by atoms with Crippen molar-refractivity contribution in [3.05, 3.63) is 5.56 Å². The van der Waals surface area contributed by atoms with E-state index in [2.05, 4.69) is 15.3 Å². The first-order valence-corrected chi connectivity index (χ1v) is 3.51. The number of hydrogen-bond donors (Lipinski definition) is 2. The molecule has 3 N–H and O–H groups in total. The van der Waals surface area contributed by atoms with Crippen LogP contribution in [0.4, 0.5) is 14.6 Å². The van der Waals surface area contributed by atoms with E-state index >= 15 is 0 Å². The summed E-state index contributed by atoms with van der Waals surface area (Å²) in [6, 6.07) is 0. The van der Waals surface area contributed by atoms with Crippen LogP contribution in [0.25, 0.3) is 0 Å². The molecule has 1 rings (SSSR count). The molecule has 0 aliphatic rings. The summed E-state index contributed by atoms with van der Waals surface area (Å²) in [6.07, 6.45) is 0. The van der Waals surface area contributed by atoms with Gasteiger partial charge in [-0.15, -0.1) is 0 Å². The van der Waals surface area contributed by atoms with Crippen LogP contribution in [-0.4, -0.2) is 16.4 Å². The van der Waals surface area contributed by atoms with Crippen molar-refractivity contribution in [1.29, 1.82) is 0 Å².